The third-order valence-electron chi connectivity index (χ3n) is 2.64. The Kier molecular flexibility index (Phi) is 1.91. The van der Waals surface area contributed by atoms with Crippen LogP contribution in [0.5, 0.6) is 0 Å². The van der Waals surface area contributed by atoms with Crippen LogP contribution in [0.1, 0.15) is 43.6 Å². The zero-order valence-corrected chi connectivity index (χ0v) is 8.22. The molecule has 0 radical (unpaired) electrons. The molecule has 0 aromatic carbocycles. The topological polar surface area (TPSA) is 48.9 Å². The lowest BCUT2D eigenvalue weighted by atomic mass is 9.91. The van der Waals surface area contributed by atoms with Crippen LogP contribution in [0.4, 0.5) is 0 Å². The molecule has 0 saturated heterocycles. The molecule has 1 heterocycles. The van der Waals surface area contributed by atoms with E-state index in [2.05, 4.69) is 10.2 Å². The summed E-state index contributed by atoms with van der Waals surface area (Å²) in [5.74, 6) is 0. The first-order chi connectivity index (χ1) is 6.09. The molecule has 1 aliphatic rings. The van der Waals surface area contributed by atoms with Gasteiger partial charge in [-0.15, -0.1) is 0 Å². The van der Waals surface area contributed by atoms with E-state index in [1.807, 2.05) is 0 Å². The number of aromatic amines is 1. The Morgan fingerprint density at radius 2 is 2.00 bits per heavy atom. The summed E-state index contributed by atoms with van der Waals surface area (Å²) in [4.78, 5) is 0. The quantitative estimate of drug-likeness (QED) is 0.688. The Balaban J connectivity index is 2.43. The maximum absolute atomic E-state index is 9.85. The largest absolute Gasteiger partial charge is 0.384 e. The highest BCUT2D eigenvalue weighted by Crippen LogP contribution is 2.28. The summed E-state index contributed by atoms with van der Waals surface area (Å²) < 4.78 is 0. The fraction of sp³-hybridized carbons (Fsp3) is 0.700. The van der Waals surface area contributed by atoms with Crippen LogP contribution < -0.4 is 0 Å². The van der Waals surface area contributed by atoms with Gasteiger partial charge in [0.15, 0.2) is 0 Å². The van der Waals surface area contributed by atoms with E-state index >= 15 is 0 Å². The Labute approximate surface area is 78.2 Å². The maximum Gasteiger partial charge on any atom is 0.103 e. The number of aromatic nitrogens is 2. The van der Waals surface area contributed by atoms with Crippen LogP contribution in [0.2, 0.25) is 0 Å². The molecule has 2 N–H and O–H groups in total. The first-order valence-corrected chi connectivity index (χ1v) is 4.88. The lowest BCUT2D eigenvalue weighted by molar-refractivity contribution is 0.0727. The molecular weight excluding hydrogens is 164 g/mol. The second kappa shape index (κ2) is 2.84. The highest BCUT2D eigenvalue weighted by molar-refractivity contribution is 5.30. The number of aliphatic hydroxyl groups is 1. The van der Waals surface area contributed by atoms with Crippen LogP contribution in [-0.4, -0.2) is 15.3 Å². The number of aryl methyl sites for hydroxylation is 1. The molecule has 0 aliphatic heterocycles. The van der Waals surface area contributed by atoms with Crippen molar-refractivity contribution in [2.24, 2.45) is 0 Å². The van der Waals surface area contributed by atoms with E-state index in [4.69, 9.17) is 0 Å². The molecule has 3 heteroatoms. The van der Waals surface area contributed by atoms with Crippen LogP contribution in [0, 0.1) is 0 Å². The summed E-state index contributed by atoms with van der Waals surface area (Å²) in [5.41, 5.74) is 2.51. The molecule has 13 heavy (non-hydrogen) atoms. The Hall–Kier alpha value is -0.830. The molecular formula is C10H16N2O. The van der Waals surface area contributed by atoms with E-state index in [1.54, 1.807) is 13.8 Å². The van der Waals surface area contributed by atoms with Gasteiger partial charge in [-0.2, -0.15) is 5.10 Å². The van der Waals surface area contributed by atoms with Crippen molar-refractivity contribution in [3.05, 3.63) is 17.0 Å². The van der Waals surface area contributed by atoms with Gasteiger partial charge in [-0.25, -0.2) is 0 Å². The summed E-state index contributed by atoms with van der Waals surface area (Å²) in [6.45, 7) is 3.58. The van der Waals surface area contributed by atoms with Gasteiger partial charge < -0.3 is 5.11 Å². The zero-order chi connectivity index (χ0) is 9.47. The van der Waals surface area contributed by atoms with Crippen molar-refractivity contribution in [3.63, 3.8) is 0 Å². The molecule has 2 rings (SSSR count). The van der Waals surface area contributed by atoms with Gasteiger partial charge in [0.25, 0.3) is 0 Å². The van der Waals surface area contributed by atoms with Crippen LogP contribution in [0.15, 0.2) is 0 Å². The van der Waals surface area contributed by atoms with Crippen molar-refractivity contribution < 1.29 is 5.11 Å². The highest BCUT2D eigenvalue weighted by atomic mass is 16.3. The number of nitrogens with zero attached hydrogens (tertiary/aromatic N) is 1. The molecule has 0 fully saturated rings. The second-order valence-electron chi connectivity index (χ2n) is 4.30. The van der Waals surface area contributed by atoms with E-state index in [0.717, 1.165) is 18.5 Å². The first kappa shape index (κ1) is 8.75. The molecule has 3 nitrogen and oxygen atoms in total. The minimum Gasteiger partial charge on any atom is -0.384 e. The van der Waals surface area contributed by atoms with Crippen molar-refractivity contribution in [2.45, 2.75) is 45.1 Å². The Bertz CT molecular complexity index is 309. The van der Waals surface area contributed by atoms with Crippen LogP contribution >= 0.6 is 0 Å². The monoisotopic (exact) mass is 180 g/mol. The third-order valence-corrected chi connectivity index (χ3v) is 2.64. The molecule has 0 bridgehead atoms. The number of hydrogen-bond acceptors (Lipinski definition) is 2. The van der Waals surface area contributed by atoms with Crippen LogP contribution in [0.3, 0.4) is 0 Å². The molecule has 72 valence electrons. The molecule has 1 aromatic rings. The molecule has 1 aromatic heterocycles. The van der Waals surface area contributed by atoms with Crippen molar-refractivity contribution >= 4 is 0 Å². The number of nitrogens with one attached hydrogen (secondary N) is 1. The maximum atomic E-state index is 9.85. The molecule has 0 amide bonds. The van der Waals surface area contributed by atoms with E-state index in [0.29, 0.717) is 0 Å². The number of hydrogen-bond donors (Lipinski definition) is 2. The van der Waals surface area contributed by atoms with Gasteiger partial charge in [0.05, 0.1) is 5.69 Å². The van der Waals surface area contributed by atoms with Crippen molar-refractivity contribution in [1.29, 1.82) is 0 Å². The lowest BCUT2D eigenvalue weighted by Gasteiger charge is -2.18. The van der Waals surface area contributed by atoms with Gasteiger partial charge in [0, 0.05) is 5.69 Å². The molecule has 0 atom stereocenters. The van der Waals surface area contributed by atoms with E-state index < -0.39 is 5.60 Å². The smallest absolute Gasteiger partial charge is 0.103 e. The summed E-state index contributed by atoms with van der Waals surface area (Å²) >= 11 is 0. The van der Waals surface area contributed by atoms with Crippen LogP contribution in [-0.2, 0) is 18.4 Å². The van der Waals surface area contributed by atoms with Gasteiger partial charge in [-0.1, -0.05) is 0 Å². The Morgan fingerprint density at radius 3 is 2.69 bits per heavy atom. The molecule has 1 aliphatic carbocycles. The fourth-order valence-electron chi connectivity index (χ4n) is 1.99. The summed E-state index contributed by atoms with van der Waals surface area (Å²) in [5, 5.41) is 17.1. The third kappa shape index (κ3) is 1.48. The SMILES string of the molecule is CC(C)(O)c1n[nH]c2c1CCCC2. The average molecular weight is 180 g/mol. The number of fused-ring (bicyclic) bond motifs is 1. The lowest BCUT2D eigenvalue weighted by Crippen LogP contribution is -2.19. The summed E-state index contributed by atoms with van der Waals surface area (Å²) in [6, 6.07) is 0. The van der Waals surface area contributed by atoms with Gasteiger partial charge >= 0.3 is 0 Å². The molecule has 0 unspecified atom stereocenters. The molecule has 0 spiro atoms. The van der Waals surface area contributed by atoms with Gasteiger partial charge in [-0.3, -0.25) is 5.10 Å². The van der Waals surface area contributed by atoms with Crippen molar-refractivity contribution in [2.75, 3.05) is 0 Å². The van der Waals surface area contributed by atoms with Crippen molar-refractivity contribution in [1.82, 2.24) is 10.2 Å². The normalized spacial score (nSPS) is 17.2. The van der Waals surface area contributed by atoms with Gasteiger partial charge in [0.1, 0.15) is 5.60 Å². The second-order valence-corrected chi connectivity index (χ2v) is 4.30. The van der Waals surface area contributed by atoms with Gasteiger partial charge in [-0.05, 0) is 45.1 Å². The Morgan fingerprint density at radius 1 is 1.31 bits per heavy atom. The van der Waals surface area contributed by atoms with E-state index in [9.17, 15) is 5.11 Å². The average Bonchev–Trinajstić information content (AvgIpc) is 2.45. The van der Waals surface area contributed by atoms with E-state index in [1.165, 1.54) is 24.1 Å². The molecule has 0 saturated carbocycles. The summed E-state index contributed by atoms with van der Waals surface area (Å²) in [6.07, 6.45) is 4.60. The predicted molar refractivity (Wildman–Crippen MR) is 50.5 cm³/mol. The predicted octanol–water partition coefficient (Wildman–Crippen LogP) is 1.52. The highest BCUT2D eigenvalue weighted by Gasteiger charge is 2.26. The minimum atomic E-state index is -0.804. The number of H-pyrrole nitrogens is 1. The minimum absolute atomic E-state index is 0.804. The zero-order valence-electron chi connectivity index (χ0n) is 8.22. The number of rotatable bonds is 1. The van der Waals surface area contributed by atoms with E-state index in [-0.39, 0.29) is 0 Å². The standard InChI is InChI=1S/C10H16N2O/c1-10(2,13)9-7-5-3-4-6-8(7)11-12-9/h13H,3-6H2,1-2H3,(H,11,12). The summed E-state index contributed by atoms with van der Waals surface area (Å²) in [7, 11) is 0. The van der Waals surface area contributed by atoms with Crippen LogP contribution in [0.25, 0.3) is 0 Å². The first-order valence-electron chi connectivity index (χ1n) is 4.88. The van der Waals surface area contributed by atoms with Gasteiger partial charge in [0.2, 0.25) is 0 Å². The van der Waals surface area contributed by atoms with Crippen molar-refractivity contribution in [3.8, 4) is 0 Å². The fourth-order valence-corrected chi connectivity index (χ4v) is 1.99.